The number of hydrogen-bond acceptors (Lipinski definition) is 2. The Morgan fingerprint density at radius 3 is 1.77 bits per heavy atom. The van der Waals surface area contributed by atoms with E-state index >= 15 is 0 Å². The molecule has 2 heteroatoms. The molecule has 0 aliphatic carbocycles. The Hall–Kier alpha value is -0.370. The van der Waals surface area contributed by atoms with E-state index in [-0.39, 0.29) is 11.2 Å². The molecule has 0 saturated heterocycles. The molecular formula is C11H22O2. The monoisotopic (exact) mass is 186 g/mol. The van der Waals surface area contributed by atoms with E-state index in [0.717, 1.165) is 0 Å². The van der Waals surface area contributed by atoms with Gasteiger partial charge in [-0.1, -0.05) is 41.5 Å². The molecule has 0 bridgehead atoms. The lowest BCUT2D eigenvalue weighted by Crippen LogP contribution is -2.35. The summed E-state index contributed by atoms with van der Waals surface area (Å²) >= 11 is 0. The lowest BCUT2D eigenvalue weighted by molar-refractivity contribution is -0.136. The van der Waals surface area contributed by atoms with Crippen LogP contribution < -0.4 is 0 Å². The third kappa shape index (κ3) is 5.04. The summed E-state index contributed by atoms with van der Waals surface area (Å²) in [5.41, 5.74) is -0.439. The van der Waals surface area contributed by atoms with E-state index in [0.29, 0.717) is 6.42 Å². The summed E-state index contributed by atoms with van der Waals surface area (Å²) in [6.07, 6.45) is -0.289. The topological polar surface area (TPSA) is 37.3 Å². The van der Waals surface area contributed by atoms with Crippen molar-refractivity contribution in [1.82, 2.24) is 0 Å². The van der Waals surface area contributed by atoms with Gasteiger partial charge >= 0.3 is 0 Å². The van der Waals surface area contributed by atoms with Gasteiger partial charge in [0.2, 0.25) is 0 Å². The molecule has 0 amide bonds. The fourth-order valence-corrected chi connectivity index (χ4v) is 1.17. The summed E-state index contributed by atoms with van der Waals surface area (Å²) in [5.74, 6) is -0.0672. The van der Waals surface area contributed by atoms with Crippen LogP contribution in [-0.4, -0.2) is 17.0 Å². The number of carbonyl (C=O) groups excluding carboxylic acids is 1. The van der Waals surface area contributed by atoms with Gasteiger partial charge in [0.1, 0.15) is 6.10 Å². The van der Waals surface area contributed by atoms with Crippen molar-refractivity contribution < 1.29 is 9.90 Å². The molecule has 1 atom stereocenters. The normalized spacial score (nSPS) is 15.6. The van der Waals surface area contributed by atoms with E-state index in [9.17, 15) is 9.90 Å². The van der Waals surface area contributed by atoms with Crippen LogP contribution in [0.5, 0.6) is 0 Å². The minimum absolute atomic E-state index is 0.000324. The fourth-order valence-electron chi connectivity index (χ4n) is 1.17. The van der Waals surface area contributed by atoms with Gasteiger partial charge < -0.3 is 5.11 Å². The Morgan fingerprint density at radius 1 is 1.15 bits per heavy atom. The maximum atomic E-state index is 11.6. The van der Waals surface area contributed by atoms with E-state index in [1.54, 1.807) is 0 Å². The first-order valence-electron chi connectivity index (χ1n) is 4.76. The average molecular weight is 186 g/mol. The SMILES string of the molecule is CC(C)(C)C[C@H](O)C(=O)C(C)(C)C. The maximum absolute atomic E-state index is 11.6. The van der Waals surface area contributed by atoms with E-state index in [4.69, 9.17) is 0 Å². The highest BCUT2D eigenvalue weighted by atomic mass is 16.3. The Morgan fingerprint density at radius 2 is 1.54 bits per heavy atom. The predicted molar refractivity (Wildman–Crippen MR) is 54.5 cm³/mol. The number of rotatable bonds is 2. The summed E-state index contributed by atoms with van der Waals surface area (Å²) in [6.45, 7) is 11.6. The van der Waals surface area contributed by atoms with Crippen LogP contribution in [0.4, 0.5) is 0 Å². The van der Waals surface area contributed by atoms with Gasteiger partial charge in [-0.2, -0.15) is 0 Å². The van der Waals surface area contributed by atoms with Gasteiger partial charge in [-0.25, -0.2) is 0 Å². The molecule has 0 unspecified atom stereocenters. The molecule has 0 aromatic rings. The fraction of sp³-hybridized carbons (Fsp3) is 0.909. The molecule has 0 rings (SSSR count). The number of aliphatic hydroxyl groups is 1. The van der Waals surface area contributed by atoms with Crippen LogP contribution in [0.15, 0.2) is 0 Å². The van der Waals surface area contributed by atoms with Gasteiger partial charge in [-0.15, -0.1) is 0 Å². The van der Waals surface area contributed by atoms with Gasteiger partial charge in [0, 0.05) is 5.41 Å². The Labute approximate surface area is 81.3 Å². The molecule has 0 heterocycles. The minimum atomic E-state index is -0.819. The van der Waals surface area contributed by atoms with Crippen LogP contribution in [0.3, 0.4) is 0 Å². The first-order chi connectivity index (χ1) is 5.54. The zero-order valence-electron chi connectivity index (χ0n) is 9.64. The first-order valence-corrected chi connectivity index (χ1v) is 4.76. The molecule has 0 aliphatic heterocycles. The van der Waals surface area contributed by atoms with Gasteiger partial charge in [0.25, 0.3) is 0 Å². The van der Waals surface area contributed by atoms with E-state index in [1.807, 2.05) is 41.5 Å². The van der Waals surface area contributed by atoms with Crippen LogP contribution in [-0.2, 0) is 4.79 Å². The largest absolute Gasteiger partial charge is 0.385 e. The summed E-state index contributed by atoms with van der Waals surface area (Å²) in [6, 6.07) is 0. The molecule has 13 heavy (non-hydrogen) atoms. The van der Waals surface area contributed by atoms with E-state index in [1.165, 1.54) is 0 Å². The molecular weight excluding hydrogens is 164 g/mol. The summed E-state index contributed by atoms with van der Waals surface area (Å²) in [7, 11) is 0. The molecule has 0 fully saturated rings. The molecule has 0 spiro atoms. The standard InChI is InChI=1S/C11H22O2/c1-10(2,3)7-8(12)9(13)11(4,5)6/h8,12H,7H2,1-6H3/t8-/m0/s1. The van der Waals surface area contributed by atoms with E-state index in [2.05, 4.69) is 0 Å². The van der Waals surface area contributed by atoms with Crippen molar-refractivity contribution in [3.63, 3.8) is 0 Å². The quantitative estimate of drug-likeness (QED) is 0.719. The Bertz CT molecular complexity index is 181. The molecule has 0 radical (unpaired) electrons. The first kappa shape index (κ1) is 12.6. The zero-order valence-corrected chi connectivity index (χ0v) is 9.64. The average Bonchev–Trinajstić information content (AvgIpc) is 1.79. The molecule has 0 saturated carbocycles. The van der Waals surface area contributed by atoms with Crippen molar-refractivity contribution in [2.45, 2.75) is 54.1 Å². The van der Waals surface area contributed by atoms with Gasteiger partial charge in [0.15, 0.2) is 5.78 Å². The Kier molecular flexibility index (Phi) is 3.68. The minimum Gasteiger partial charge on any atom is -0.385 e. The number of aliphatic hydroxyl groups excluding tert-OH is 1. The smallest absolute Gasteiger partial charge is 0.166 e. The highest BCUT2D eigenvalue weighted by Gasteiger charge is 2.30. The van der Waals surface area contributed by atoms with Crippen molar-refractivity contribution in [3.8, 4) is 0 Å². The maximum Gasteiger partial charge on any atom is 0.166 e. The second kappa shape index (κ2) is 3.79. The highest BCUT2D eigenvalue weighted by molar-refractivity contribution is 5.87. The van der Waals surface area contributed by atoms with Crippen molar-refractivity contribution in [2.24, 2.45) is 10.8 Å². The number of Topliss-reactive ketones (excluding diaryl/α,β-unsaturated/α-hetero) is 1. The van der Waals surface area contributed by atoms with Gasteiger partial charge in [0.05, 0.1) is 0 Å². The predicted octanol–water partition coefficient (Wildman–Crippen LogP) is 2.40. The molecule has 0 aromatic carbocycles. The van der Waals surface area contributed by atoms with Gasteiger partial charge in [-0.05, 0) is 11.8 Å². The second-order valence-corrected chi connectivity index (χ2v) is 5.89. The molecule has 0 aliphatic rings. The van der Waals surface area contributed by atoms with Crippen LogP contribution in [0.2, 0.25) is 0 Å². The number of hydrogen-bond donors (Lipinski definition) is 1. The van der Waals surface area contributed by atoms with Crippen LogP contribution in [0, 0.1) is 10.8 Å². The highest BCUT2D eigenvalue weighted by Crippen LogP contribution is 2.25. The molecule has 1 N–H and O–H groups in total. The van der Waals surface area contributed by atoms with E-state index < -0.39 is 11.5 Å². The zero-order chi connectivity index (χ0) is 10.9. The van der Waals surface area contributed by atoms with Crippen LogP contribution >= 0.6 is 0 Å². The summed E-state index contributed by atoms with van der Waals surface area (Å²) < 4.78 is 0. The number of carbonyl (C=O) groups is 1. The van der Waals surface area contributed by atoms with Crippen molar-refractivity contribution in [3.05, 3.63) is 0 Å². The van der Waals surface area contributed by atoms with Crippen molar-refractivity contribution in [2.75, 3.05) is 0 Å². The third-order valence-electron chi connectivity index (χ3n) is 1.85. The van der Waals surface area contributed by atoms with Crippen LogP contribution in [0.25, 0.3) is 0 Å². The lowest BCUT2D eigenvalue weighted by Gasteiger charge is -2.26. The second-order valence-electron chi connectivity index (χ2n) is 5.89. The lowest BCUT2D eigenvalue weighted by atomic mass is 9.81. The van der Waals surface area contributed by atoms with Crippen molar-refractivity contribution >= 4 is 5.78 Å². The van der Waals surface area contributed by atoms with Crippen LogP contribution in [0.1, 0.15) is 48.0 Å². The van der Waals surface area contributed by atoms with Gasteiger partial charge in [-0.3, -0.25) is 4.79 Å². The molecule has 2 nitrogen and oxygen atoms in total. The summed E-state index contributed by atoms with van der Waals surface area (Å²) in [4.78, 5) is 11.6. The number of ketones is 1. The Balaban J connectivity index is 4.30. The molecule has 78 valence electrons. The third-order valence-corrected chi connectivity index (χ3v) is 1.85. The molecule has 0 aromatic heterocycles. The van der Waals surface area contributed by atoms with Crippen molar-refractivity contribution in [1.29, 1.82) is 0 Å². The summed E-state index contributed by atoms with van der Waals surface area (Å²) in [5, 5.41) is 9.64.